The fourth-order valence-electron chi connectivity index (χ4n) is 1.43. The minimum absolute atomic E-state index is 0.168. The molecule has 0 bridgehead atoms. The first-order valence-corrected chi connectivity index (χ1v) is 5.16. The largest absolute Gasteiger partial charge is 0.266 e. The van der Waals surface area contributed by atoms with Crippen LogP contribution in [-0.2, 0) is 6.54 Å². The number of aryl methyl sites for hydroxylation is 1. The van der Waals surface area contributed by atoms with E-state index in [4.69, 9.17) is 0 Å². The monoisotopic (exact) mass is 197 g/mol. The molecule has 0 aromatic carbocycles. The van der Waals surface area contributed by atoms with Gasteiger partial charge in [-0.2, -0.15) is 5.10 Å². The first-order chi connectivity index (χ1) is 6.52. The highest BCUT2D eigenvalue weighted by Gasteiger charge is 2.14. The lowest BCUT2D eigenvalue weighted by molar-refractivity contribution is 0.462. The quantitative estimate of drug-likeness (QED) is 0.725. The van der Waals surface area contributed by atoms with E-state index in [1.807, 2.05) is 13.8 Å². The van der Waals surface area contributed by atoms with Crippen molar-refractivity contribution < 1.29 is 4.39 Å². The van der Waals surface area contributed by atoms with Crippen LogP contribution in [0.2, 0.25) is 0 Å². The van der Waals surface area contributed by atoms with Gasteiger partial charge in [0.05, 0.1) is 5.69 Å². The predicted molar refractivity (Wildman–Crippen MR) is 54.6 cm³/mol. The fraction of sp³-hybridized carbons (Fsp3) is 0.727. The van der Waals surface area contributed by atoms with Crippen LogP contribution >= 0.6 is 0 Å². The molecule has 2 nitrogen and oxygen atoms in total. The Bertz CT molecular complexity index is 289. The van der Waals surface area contributed by atoms with Crippen molar-refractivity contribution in [1.82, 2.24) is 9.78 Å². The summed E-state index contributed by atoms with van der Waals surface area (Å²) in [5.74, 6) is 0.479. The molecular weight excluding hydrogens is 179 g/mol. The zero-order chi connectivity index (χ0) is 10.7. The van der Waals surface area contributed by atoms with E-state index < -0.39 is 0 Å². The first kappa shape index (κ1) is 11.2. The van der Waals surface area contributed by atoms with Crippen molar-refractivity contribution in [3.8, 4) is 0 Å². The number of rotatable bonds is 4. The molecule has 0 amide bonds. The van der Waals surface area contributed by atoms with E-state index in [2.05, 4.69) is 25.1 Å². The molecule has 0 saturated carbocycles. The second-order valence-electron chi connectivity index (χ2n) is 4.37. The summed E-state index contributed by atoms with van der Waals surface area (Å²) in [7, 11) is 0. The molecule has 0 fully saturated rings. The Morgan fingerprint density at radius 1 is 1.36 bits per heavy atom. The van der Waals surface area contributed by atoms with Gasteiger partial charge in [-0.1, -0.05) is 27.7 Å². The van der Waals surface area contributed by atoms with E-state index in [1.165, 1.54) is 0 Å². The molecule has 0 aliphatic carbocycles. The molecule has 1 radical (unpaired) electrons. The summed E-state index contributed by atoms with van der Waals surface area (Å²) in [4.78, 5) is 0. The second-order valence-corrected chi connectivity index (χ2v) is 4.37. The van der Waals surface area contributed by atoms with Gasteiger partial charge in [0.25, 0.3) is 0 Å². The highest BCUT2D eigenvalue weighted by molar-refractivity contribution is 5.07. The van der Waals surface area contributed by atoms with Gasteiger partial charge in [-0.05, 0) is 18.3 Å². The Balaban J connectivity index is 2.76. The van der Waals surface area contributed by atoms with Crippen molar-refractivity contribution in [2.75, 3.05) is 0 Å². The van der Waals surface area contributed by atoms with Crippen molar-refractivity contribution >= 4 is 0 Å². The molecule has 1 aromatic heterocycles. The van der Waals surface area contributed by atoms with Gasteiger partial charge in [-0.25, -0.2) is 4.39 Å². The summed E-state index contributed by atoms with van der Waals surface area (Å²) in [5.41, 5.74) is 0.672. The van der Waals surface area contributed by atoms with Crippen LogP contribution in [-0.4, -0.2) is 9.78 Å². The Labute approximate surface area is 85.1 Å². The average molecular weight is 197 g/mol. The van der Waals surface area contributed by atoms with Gasteiger partial charge in [0.15, 0.2) is 12.0 Å². The zero-order valence-corrected chi connectivity index (χ0v) is 9.34. The Hall–Kier alpha value is -0.860. The molecular formula is C11H18FN2. The summed E-state index contributed by atoms with van der Waals surface area (Å²) < 4.78 is 15.0. The number of aromatic nitrogens is 2. The van der Waals surface area contributed by atoms with Crippen LogP contribution in [0.15, 0.2) is 0 Å². The molecule has 0 atom stereocenters. The number of hydrogen-bond donors (Lipinski definition) is 0. The van der Waals surface area contributed by atoms with Gasteiger partial charge in [0.1, 0.15) is 0 Å². The molecule has 0 spiro atoms. The first-order valence-electron chi connectivity index (χ1n) is 5.16. The SMILES string of the molecule is CC(C)CCn1n[c]c(F)c1C(C)C. The Kier molecular flexibility index (Phi) is 3.67. The van der Waals surface area contributed by atoms with Crippen LogP contribution in [0.25, 0.3) is 0 Å². The van der Waals surface area contributed by atoms with E-state index >= 15 is 0 Å². The molecule has 0 N–H and O–H groups in total. The van der Waals surface area contributed by atoms with Crippen LogP contribution in [0.4, 0.5) is 4.39 Å². The molecule has 0 aliphatic rings. The topological polar surface area (TPSA) is 17.8 Å². The van der Waals surface area contributed by atoms with Gasteiger partial charge in [-0.3, -0.25) is 4.68 Å². The Morgan fingerprint density at radius 3 is 2.50 bits per heavy atom. The third kappa shape index (κ3) is 2.56. The summed E-state index contributed by atoms with van der Waals surface area (Å²) >= 11 is 0. The molecule has 79 valence electrons. The molecule has 3 heteroatoms. The lowest BCUT2D eigenvalue weighted by atomic mass is 10.1. The van der Waals surface area contributed by atoms with Crippen molar-refractivity contribution in [2.45, 2.75) is 46.6 Å². The Morgan fingerprint density at radius 2 is 2.00 bits per heavy atom. The van der Waals surface area contributed by atoms with Gasteiger partial charge < -0.3 is 0 Å². The lowest BCUT2D eigenvalue weighted by Gasteiger charge is -2.11. The van der Waals surface area contributed by atoms with Crippen molar-refractivity contribution in [3.63, 3.8) is 0 Å². The van der Waals surface area contributed by atoms with Gasteiger partial charge in [-0.15, -0.1) is 0 Å². The number of halogens is 1. The van der Waals surface area contributed by atoms with E-state index in [0.29, 0.717) is 11.6 Å². The minimum Gasteiger partial charge on any atom is -0.266 e. The van der Waals surface area contributed by atoms with Crippen LogP contribution in [0.5, 0.6) is 0 Å². The van der Waals surface area contributed by atoms with E-state index in [1.54, 1.807) is 4.68 Å². The maximum atomic E-state index is 13.2. The van der Waals surface area contributed by atoms with Crippen molar-refractivity contribution in [1.29, 1.82) is 0 Å². The molecule has 0 unspecified atom stereocenters. The molecule has 1 rings (SSSR count). The maximum Gasteiger partial charge on any atom is 0.174 e. The lowest BCUT2D eigenvalue weighted by Crippen LogP contribution is -2.09. The average Bonchev–Trinajstić information content (AvgIpc) is 2.43. The van der Waals surface area contributed by atoms with Crippen LogP contribution in [0, 0.1) is 17.9 Å². The summed E-state index contributed by atoms with van der Waals surface area (Å²) in [6, 6.07) is 0. The zero-order valence-electron chi connectivity index (χ0n) is 9.34. The highest BCUT2D eigenvalue weighted by atomic mass is 19.1. The van der Waals surface area contributed by atoms with E-state index in [9.17, 15) is 4.39 Å². The van der Waals surface area contributed by atoms with Gasteiger partial charge in [0.2, 0.25) is 0 Å². The summed E-state index contributed by atoms with van der Waals surface area (Å²) in [5, 5.41) is 3.93. The van der Waals surface area contributed by atoms with Crippen molar-refractivity contribution in [3.05, 3.63) is 17.7 Å². The third-order valence-corrected chi connectivity index (χ3v) is 2.24. The molecule has 1 heterocycles. The minimum atomic E-state index is -0.302. The van der Waals surface area contributed by atoms with Gasteiger partial charge in [0, 0.05) is 6.54 Å². The van der Waals surface area contributed by atoms with Crippen LogP contribution < -0.4 is 0 Å². The predicted octanol–water partition coefficient (Wildman–Crippen LogP) is 2.99. The van der Waals surface area contributed by atoms with E-state index in [-0.39, 0.29) is 11.7 Å². The molecule has 14 heavy (non-hydrogen) atoms. The smallest absolute Gasteiger partial charge is 0.174 e. The second kappa shape index (κ2) is 4.58. The van der Waals surface area contributed by atoms with Crippen LogP contribution in [0.3, 0.4) is 0 Å². The standard InChI is InChI=1S/C11H18FN2/c1-8(2)5-6-14-11(9(3)4)10(12)7-13-14/h8-9H,5-6H2,1-4H3. The van der Waals surface area contributed by atoms with Crippen LogP contribution in [0.1, 0.15) is 45.7 Å². The summed E-state index contributed by atoms with van der Waals surface area (Å²) in [6.07, 6.45) is 3.41. The molecule has 0 aliphatic heterocycles. The van der Waals surface area contributed by atoms with Gasteiger partial charge >= 0.3 is 0 Å². The number of hydrogen-bond acceptors (Lipinski definition) is 1. The number of nitrogens with zero attached hydrogens (tertiary/aromatic N) is 2. The third-order valence-electron chi connectivity index (χ3n) is 2.24. The fourth-order valence-corrected chi connectivity index (χ4v) is 1.43. The molecule has 1 aromatic rings. The molecule has 0 saturated heterocycles. The van der Waals surface area contributed by atoms with Crippen molar-refractivity contribution in [2.24, 2.45) is 5.92 Å². The summed E-state index contributed by atoms with van der Waals surface area (Å²) in [6.45, 7) is 9.03. The highest BCUT2D eigenvalue weighted by Crippen LogP contribution is 2.18. The van der Waals surface area contributed by atoms with E-state index in [0.717, 1.165) is 13.0 Å². The normalized spacial score (nSPS) is 11.6. The maximum absolute atomic E-state index is 13.2.